The lowest BCUT2D eigenvalue weighted by atomic mass is 10.0. The maximum Gasteiger partial charge on any atom is 0.248 e. The highest BCUT2D eigenvalue weighted by Gasteiger charge is 2.19. The summed E-state index contributed by atoms with van der Waals surface area (Å²) >= 11 is 0. The van der Waals surface area contributed by atoms with E-state index < -0.39 is 18.8 Å². The van der Waals surface area contributed by atoms with Gasteiger partial charge in [-0.15, -0.1) is 0 Å². The van der Waals surface area contributed by atoms with Crippen molar-refractivity contribution in [3.05, 3.63) is 33.7 Å². The number of nitrogens with one attached hydrogen (secondary N) is 1. The zero-order chi connectivity index (χ0) is 10.7. The van der Waals surface area contributed by atoms with E-state index in [1.54, 1.807) is 6.92 Å². The second-order valence-corrected chi connectivity index (χ2v) is 3.13. The third-order valence-corrected chi connectivity index (χ3v) is 2.04. The molecule has 0 radical (unpaired) electrons. The van der Waals surface area contributed by atoms with Gasteiger partial charge in [-0.2, -0.15) is 0 Å². The third kappa shape index (κ3) is 2.20. The molecule has 14 heavy (non-hydrogen) atoms. The van der Waals surface area contributed by atoms with Crippen molar-refractivity contribution in [1.82, 2.24) is 4.98 Å². The Morgan fingerprint density at radius 3 is 2.64 bits per heavy atom. The first-order valence-electron chi connectivity index (χ1n) is 4.22. The number of aliphatic hydroxyl groups is 3. The second-order valence-electron chi connectivity index (χ2n) is 3.13. The van der Waals surface area contributed by atoms with E-state index in [0.29, 0.717) is 11.1 Å². The van der Waals surface area contributed by atoms with E-state index in [1.807, 2.05) is 0 Å². The van der Waals surface area contributed by atoms with Gasteiger partial charge >= 0.3 is 0 Å². The van der Waals surface area contributed by atoms with Crippen LogP contribution >= 0.6 is 0 Å². The van der Waals surface area contributed by atoms with Gasteiger partial charge < -0.3 is 20.3 Å². The first-order valence-corrected chi connectivity index (χ1v) is 4.22. The van der Waals surface area contributed by atoms with Crippen LogP contribution in [0.2, 0.25) is 0 Å². The largest absolute Gasteiger partial charge is 0.394 e. The summed E-state index contributed by atoms with van der Waals surface area (Å²) < 4.78 is 0. The highest BCUT2D eigenvalue weighted by atomic mass is 16.4. The van der Waals surface area contributed by atoms with E-state index in [1.165, 1.54) is 12.3 Å². The Balaban J connectivity index is 3.01. The highest BCUT2D eigenvalue weighted by molar-refractivity contribution is 5.24. The van der Waals surface area contributed by atoms with Gasteiger partial charge in [0.25, 0.3) is 0 Å². The normalized spacial score (nSPS) is 15.1. The molecule has 1 aromatic heterocycles. The van der Waals surface area contributed by atoms with E-state index in [2.05, 4.69) is 4.98 Å². The first kappa shape index (κ1) is 10.9. The molecule has 2 unspecified atom stereocenters. The lowest BCUT2D eigenvalue weighted by Crippen LogP contribution is -2.23. The average molecular weight is 199 g/mol. The molecule has 1 aromatic rings. The molecule has 0 amide bonds. The van der Waals surface area contributed by atoms with Crippen LogP contribution in [-0.4, -0.2) is 33.0 Å². The molecule has 0 aliphatic rings. The molecular formula is C9H13NO4. The quantitative estimate of drug-likeness (QED) is 0.506. The maximum absolute atomic E-state index is 10.9. The fraction of sp³-hybridized carbons (Fsp3) is 0.444. The predicted molar refractivity (Wildman–Crippen MR) is 49.9 cm³/mol. The van der Waals surface area contributed by atoms with Gasteiger partial charge in [0.2, 0.25) is 5.56 Å². The molecule has 5 heteroatoms. The summed E-state index contributed by atoms with van der Waals surface area (Å²) in [5.74, 6) is 0. The van der Waals surface area contributed by atoms with Crippen molar-refractivity contribution >= 4 is 0 Å². The topological polar surface area (TPSA) is 93.6 Å². The predicted octanol–water partition coefficient (Wildman–Crippen LogP) is -0.930. The number of pyridine rings is 1. The Hall–Kier alpha value is -1.17. The van der Waals surface area contributed by atoms with Gasteiger partial charge in [0.15, 0.2) is 0 Å². The van der Waals surface area contributed by atoms with E-state index >= 15 is 0 Å². The molecule has 1 rings (SSSR count). The van der Waals surface area contributed by atoms with E-state index in [9.17, 15) is 15.0 Å². The molecule has 0 aromatic carbocycles. The molecule has 0 aliphatic heterocycles. The van der Waals surface area contributed by atoms with Crippen molar-refractivity contribution < 1.29 is 15.3 Å². The lowest BCUT2D eigenvalue weighted by molar-refractivity contribution is -0.0157. The molecule has 5 nitrogen and oxygen atoms in total. The minimum absolute atomic E-state index is 0.267. The Kier molecular flexibility index (Phi) is 3.40. The summed E-state index contributed by atoms with van der Waals surface area (Å²) in [6, 6.07) is 1.32. The van der Waals surface area contributed by atoms with E-state index in [4.69, 9.17) is 5.11 Å². The maximum atomic E-state index is 10.9. The number of hydrogen-bond donors (Lipinski definition) is 4. The van der Waals surface area contributed by atoms with Crippen LogP contribution in [0.15, 0.2) is 17.1 Å². The molecule has 0 spiro atoms. The van der Waals surface area contributed by atoms with Gasteiger partial charge in [-0.25, -0.2) is 0 Å². The van der Waals surface area contributed by atoms with Gasteiger partial charge in [0.05, 0.1) is 6.61 Å². The molecule has 0 bridgehead atoms. The highest BCUT2D eigenvalue weighted by Crippen LogP contribution is 2.18. The number of aryl methyl sites for hydroxylation is 1. The van der Waals surface area contributed by atoms with Crippen molar-refractivity contribution in [3.8, 4) is 0 Å². The van der Waals surface area contributed by atoms with Crippen molar-refractivity contribution in [2.75, 3.05) is 6.61 Å². The Morgan fingerprint density at radius 1 is 1.50 bits per heavy atom. The fourth-order valence-electron chi connectivity index (χ4n) is 1.21. The number of aromatic nitrogens is 1. The van der Waals surface area contributed by atoms with Gasteiger partial charge in [-0.1, -0.05) is 0 Å². The van der Waals surface area contributed by atoms with Crippen molar-refractivity contribution in [1.29, 1.82) is 0 Å². The van der Waals surface area contributed by atoms with Crippen molar-refractivity contribution in [3.63, 3.8) is 0 Å². The van der Waals surface area contributed by atoms with Gasteiger partial charge in [0.1, 0.15) is 12.2 Å². The Morgan fingerprint density at radius 2 is 2.14 bits per heavy atom. The first-order chi connectivity index (χ1) is 6.56. The fourth-order valence-corrected chi connectivity index (χ4v) is 1.21. The van der Waals surface area contributed by atoms with Crippen LogP contribution in [-0.2, 0) is 0 Å². The van der Waals surface area contributed by atoms with Crippen LogP contribution in [0.5, 0.6) is 0 Å². The molecule has 0 saturated carbocycles. The van der Waals surface area contributed by atoms with Crippen LogP contribution in [0.3, 0.4) is 0 Å². The SMILES string of the molecule is Cc1cc(=O)[nH]cc1C(O)C(O)CO. The van der Waals surface area contributed by atoms with Gasteiger partial charge in [-0.3, -0.25) is 4.79 Å². The van der Waals surface area contributed by atoms with Crippen LogP contribution in [0, 0.1) is 6.92 Å². The van der Waals surface area contributed by atoms with Crippen LogP contribution in [0.25, 0.3) is 0 Å². The molecular weight excluding hydrogens is 186 g/mol. The van der Waals surface area contributed by atoms with Crippen LogP contribution in [0.1, 0.15) is 17.2 Å². The molecule has 0 saturated heterocycles. The molecule has 0 aliphatic carbocycles. The van der Waals surface area contributed by atoms with E-state index in [0.717, 1.165) is 0 Å². The summed E-state index contributed by atoms with van der Waals surface area (Å²) in [7, 11) is 0. The average Bonchev–Trinajstić information content (AvgIpc) is 2.15. The summed E-state index contributed by atoms with van der Waals surface area (Å²) in [5, 5.41) is 27.3. The number of aliphatic hydroxyl groups excluding tert-OH is 3. The molecule has 78 valence electrons. The Labute approximate surface area is 80.7 Å². The smallest absolute Gasteiger partial charge is 0.248 e. The van der Waals surface area contributed by atoms with Crippen molar-refractivity contribution in [2.45, 2.75) is 19.1 Å². The van der Waals surface area contributed by atoms with Gasteiger partial charge in [-0.05, 0) is 12.5 Å². The van der Waals surface area contributed by atoms with Crippen LogP contribution in [0.4, 0.5) is 0 Å². The molecule has 2 atom stereocenters. The van der Waals surface area contributed by atoms with Crippen LogP contribution < -0.4 is 5.56 Å². The zero-order valence-corrected chi connectivity index (χ0v) is 7.77. The second kappa shape index (κ2) is 4.36. The monoisotopic (exact) mass is 199 g/mol. The summed E-state index contributed by atoms with van der Waals surface area (Å²) in [6.07, 6.45) is -1.09. The Bertz CT molecular complexity index is 360. The number of aromatic amines is 1. The lowest BCUT2D eigenvalue weighted by Gasteiger charge is -2.17. The summed E-state index contributed by atoms with van der Waals surface area (Å²) in [5.41, 5.74) is 0.719. The summed E-state index contributed by atoms with van der Waals surface area (Å²) in [6.45, 7) is 1.12. The number of H-pyrrole nitrogens is 1. The summed E-state index contributed by atoms with van der Waals surface area (Å²) in [4.78, 5) is 13.2. The standard InChI is InChI=1S/C9H13NO4/c1-5-2-8(13)10-3-6(5)9(14)7(12)4-11/h2-3,7,9,11-12,14H,4H2,1H3,(H,10,13). The number of rotatable bonds is 3. The minimum Gasteiger partial charge on any atom is -0.394 e. The van der Waals surface area contributed by atoms with Gasteiger partial charge in [0, 0.05) is 17.8 Å². The molecule has 4 N–H and O–H groups in total. The number of hydrogen-bond acceptors (Lipinski definition) is 4. The molecule has 0 fully saturated rings. The van der Waals surface area contributed by atoms with Crippen molar-refractivity contribution in [2.24, 2.45) is 0 Å². The zero-order valence-electron chi connectivity index (χ0n) is 7.77. The van der Waals surface area contributed by atoms with E-state index in [-0.39, 0.29) is 5.56 Å². The minimum atomic E-state index is -1.24. The molecule has 1 heterocycles. The third-order valence-electron chi connectivity index (χ3n) is 2.04.